The van der Waals surface area contributed by atoms with Gasteiger partial charge in [-0.05, 0) is 62.2 Å². The first-order chi connectivity index (χ1) is 10.3. The summed E-state index contributed by atoms with van der Waals surface area (Å²) in [6, 6.07) is 0.0918. The summed E-state index contributed by atoms with van der Waals surface area (Å²) in [5.74, 6) is 3.82. The molecule has 1 heterocycles. The zero-order valence-electron chi connectivity index (χ0n) is 13.4. The molecule has 3 nitrogen and oxygen atoms in total. The van der Waals surface area contributed by atoms with Crippen LogP contribution in [0.5, 0.6) is 0 Å². The Kier molecular flexibility index (Phi) is 3.72. The van der Waals surface area contributed by atoms with Gasteiger partial charge in [-0.1, -0.05) is 26.2 Å². The fraction of sp³-hybridized carbons (Fsp3) is 0.944. The SMILES string of the molecule is CCC1NC(C2CCCC2)N(CC2CC3CCC2C3)C1=O. The number of carbonyl (C=O) groups is 1. The quantitative estimate of drug-likeness (QED) is 0.862. The van der Waals surface area contributed by atoms with Crippen molar-refractivity contribution >= 4 is 5.91 Å². The first-order valence-corrected chi connectivity index (χ1v) is 9.32. The molecule has 4 fully saturated rings. The Bertz CT molecular complexity index is 404. The van der Waals surface area contributed by atoms with Crippen LogP contribution in [0.2, 0.25) is 0 Å². The number of amides is 1. The second kappa shape index (κ2) is 5.57. The molecule has 0 aromatic heterocycles. The van der Waals surface area contributed by atoms with E-state index >= 15 is 0 Å². The van der Waals surface area contributed by atoms with Gasteiger partial charge in [0.25, 0.3) is 0 Å². The molecule has 3 heteroatoms. The lowest BCUT2D eigenvalue weighted by Crippen LogP contribution is -2.45. The van der Waals surface area contributed by atoms with Crippen LogP contribution in [0.4, 0.5) is 0 Å². The summed E-state index contributed by atoms with van der Waals surface area (Å²) in [6.45, 7) is 3.19. The van der Waals surface area contributed by atoms with Crippen molar-refractivity contribution in [1.82, 2.24) is 10.2 Å². The number of nitrogens with zero attached hydrogens (tertiary/aromatic N) is 1. The fourth-order valence-corrected chi connectivity index (χ4v) is 5.72. The Hall–Kier alpha value is -0.570. The van der Waals surface area contributed by atoms with E-state index < -0.39 is 0 Å². The molecule has 1 N–H and O–H groups in total. The van der Waals surface area contributed by atoms with E-state index in [0.717, 1.165) is 30.7 Å². The fourth-order valence-electron chi connectivity index (χ4n) is 5.72. The molecular weight excluding hydrogens is 260 g/mol. The van der Waals surface area contributed by atoms with E-state index in [0.29, 0.717) is 18.0 Å². The van der Waals surface area contributed by atoms with Crippen LogP contribution in [-0.4, -0.2) is 29.6 Å². The largest absolute Gasteiger partial charge is 0.325 e. The average Bonchev–Trinajstić information content (AvgIpc) is 3.24. The molecule has 0 aromatic carbocycles. The normalized spacial score (nSPS) is 43.4. The molecule has 1 aliphatic heterocycles. The number of rotatable bonds is 4. The number of hydrogen-bond acceptors (Lipinski definition) is 2. The van der Waals surface area contributed by atoms with Crippen LogP contribution in [0.25, 0.3) is 0 Å². The summed E-state index contributed by atoms with van der Waals surface area (Å²) in [5.41, 5.74) is 0. The lowest BCUT2D eigenvalue weighted by Gasteiger charge is -2.33. The molecule has 1 amide bonds. The van der Waals surface area contributed by atoms with Crippen molar-refractivity contribution in [2.45, 2.75) is 76.9 Å². The molecule has 0 spiro atoms. The second-order valence-corrected chi connectivity index (χ2v) is 8.04. The lowest BCUT2D eigenvalue weighted by molar-refractivity contribution is -0.131. The van der Waals surface area contributed by atoms with Gasteiger partial charge in [0.2, 0.25) is 5.91 Å². The molecule has 0 radical (unpaired) electrons. The molecule has 3 saturated carbocycles. The highest BCUT2D eigenvalue weighted by molar-refractivity contribution is 5.84. The Balaban J connectivity index is 1.48. The van der Waals surface area contributed by atoms with Crippen molar-refractivity contribution in [2.75, 3.05) is 6.54 Å². The Labute approximate surface area is 128 Å². The minimum Gasteiger partial charge on any atom is -0.325 e. The van der Waals surface area contributed by atoms with Gasteiger partial charge in [-0.2, -0.15) is 0 Å². The van der Waals surface area contributed by atoms with Crippen molar-refractivity contribution in [1.29, 1.82) is 0 Å². The van der Waals surface area contributed by atoms with Crippen LogP contribution in [0.15, 0.2) is 0 Å². The third-order valence-electron chi connectivity index (χ3n) is 6.86. The van der Waals surface area contributed by atoms with Gasteiger partial charge in [0.05, 0.1) is 12.2 Å². The molecule has 0 aromatic rings. The van der Waals surface area contributed by atoms with E-state index in [1.165, 1.54) is 51.4 Å². The zero-order chi connectivity index (χ0) is 14.4. The van der Waals surface area contributed by atoms with Gasteiger partial charge in [0.15, 0.2) is 0 Å². The predicted octanol–water partition coefficient (Wildman–Crippen LogP) is 3.15. The molecule has 4 rings (SSSR count). The van der Waals surface area contributed by atoms with Crippen molar-refractivity contribution in [3.05, 3.63) is 0 Å². The monoisotopic (exact) mass is 290 g/mol. The van der Waals surface area contributed by atoms with E-state index in [1.807, 2.05) is 0 Å². The first-order valence-electron chi connectivity index (χ1n) is 9.32. The Morgan fingerprint density at radius 1 is 1.10 bits per heavy atom. The first kappa shape index (κ1) is 14.0. The molecular formula is C18H30N2O. The maximum atomic E-state index is 12.8. The van der Waals surface area contributed by atoms with E-state index in [4.69, 9.17) is 0 Å². The Morgan fingerprint density at radius 2 is 1.90 bits per heavy atom. The van der Waals surface area contributed by atoms with Crippen molar-refractivity contribution in [3.8, 4) is 0 Å². The van der Waals surface area contributed by atoms with Crippen molar-refractivity contribution < 1.29 is 4.79 Å². The van der Waals surface area contributed by atoms with E-state index in [2.05, 4.69) is 17.1 Å². The van der Waals surface area contributed by atoms with Gasteiger partial charge in [-0.15, -0.1) is 0 Å². The number of carbonyl (C=O) groups excluding carboxylic acids is 1. The highest BCUT2D eigenvalue weighted by atomic mass is 16.2. The van der Waals surface area contributed by atoms with Gasteiger partial charge in [-0.3, -0.25) is 10.1 Å². The maximum Gasteiger partial charge on any atom is 0.241 e. The lowest BCUT2D eigenvalue weighted by atomic mass is 9.88. The molecule has 118 valence electrons. The van der Waals surface area contributed by atoms with Crippen LogP contribution in [0.1, 0.15) is 64.7 Å². The van der Waals surface area contributed by atoms with Crippen molar-refractivity contribution in [3.63, 3.8) is 0 Å². The van der Waals surface area contributed by atoms with Crippen LogP contribution < -0.4 is 5.32 Å². The van der Waals surface area contributed by atoms with Gasteiger partial charge >= 0.3 is 0 Å². The number of nitrogens with one attached hydrogen (secondary N) is 1. The van der Waals surface area contributed by atoms with Crippen LogP contribution in [0.3, 0.4) is 0 Å². The predicted molar refractivity (Wildman–Crippen MR) is 83.6 cm³/mol. The van der Waals surface area contributed by atoms with E-state index in [-0.39, 0.29) is 6.04 Å². The second-order valence-electron chi connectivity index (χ2n) is 8.04. The summed E-state index contributed by atoms with van der Waals surface area (Å²) in [4.78, 5) is 15.0. The highest BCUT2D eigenvalue weighted by Gasteiger charge is 2.46. The molecule has 5 atom stereocenters. The molecule has 5 unspecified atom stereocenters. The van der Waals surface area contributed by atoms with E-state index in [9.17, 15) is 4.79 Å². The third-order valence-corrected chi connectivity index (χ3v) is 6.86. The maximum absolute atomic E-state index is 12.8. The number of fused-ring (bicyclic) bond motifs is 2. The molecule has 4 aliphatic rings. The smallest absolute Gasteiger partial charge is 0.241 e. The van der Waals surface area contributed by atoms with Crippen LogP contribution in [0, 0.1) is 23.7 Å². The average molecular weight is 290 g/mol. The summed E-state index contributed by atoms with van der Waals surface area (Å²) in [5, 5.41) is 3.68. The minimum absolute atomic E-state index is 0.0918. The summed E-state index contributed by atoms with van der Waals surface area (Å²) >= 11 is 0. The van der Waals surface area contributed by atoms with Gasteiger partial charge in [-0.25, -0.2) is 0 Å². The molecule has 21 heavy (non-hydrogen) atoms. The molecule has 3 aliphatic carbocycles. The topological polar surface area (TPSA) is 32.3 Å². The summed E-state index contributed by atoms with van der Waals surface area (Å²) in [7, 11) is 0. The van der Waals surface area contributed by atoms with Gasteiger partial charge in [0, 0.05) is 6.54 Å². The minimum atomic E-state index is 0.0918. The van der Waals surface area contributed by atoms with Crippen molar-refractivity contribution in [2.24, 2.45) is 23.7 Å². The van der Waals surface area contributed by atoms with Crippen LogP contribution >= 0.6 is 0 Å². The third kappa shape index (κ3) is 2.42. The Morgan fingerprint density at radius 3 is 2.52 bits per heavy atom. The van der Waals surface area contributed by atoms with Crippen LogP contribution in [-0.2, 0) is 4.79 Å². The molecule has 1 saturated heterocycles. The standard InChI is InChI=1S/C18H30N2O/c1-2-16-18(21)20(17(19-16)13-5-3-4-6-13)11-15-10-12-7-8-14(15)9-12/h12-17,19H,2-11H2,1H3. The summed E-state index contributed by atoms with van der Waals surface area (Å²) in [6.07, 6.45) is 12.4. The van der Waals surface area contributed by atoms with Gasteiger partial charge < -0.3 is 4.90 Å². The zero-order valence-corrected chi connectivity index (χ0v) is 13.4. The number of hydrogen-bond donors (Lipinski definition) is 1. The van der Waals surface area contributed by atoms with Gasteiger partial charge in [0.1, 0.15) is 0 Å². The highest BCUT2D eigenvalue weighted by Crippen LogP contribution is 2.49. The summed E-state index contributed by atoms with van der Waals surface area (Å²) < 4.78 is 0. The molecule has 2 bridgehead atoms. The van der Waals surface area contributed by atoms with E-state index in [1.54, 1.807) is 0 Å².